The molecule has 0 aliphatic carbocycles. The number of para-hydroxylation sites is 1. The second kappa shape index (κ2) is 5.80. The van der Waals surface area contributed by atoms with E-state index >= 15 is 0 Å². The molecular weight excluding hydrogens is 147 g/mol. The van der Waals surface area contributed by atoms with Crippen LogP contribution in [0.3, 0.4) is 0 Å². The van der Waals surface area contributed by atoms with Gasteiger partial charge in [-0.05, 0) is 12.1 Å². The summed E-state index contributed by atoms with van der Waals surface area (Å²) in [6.45, 7) is 0. The Labute approximate surface area is 62.7 Å². The van der Waals surface area contributed by atoms with Crippen molar-refractivity contribution in [1.82, 2.24) is 0 Å². The first kappa shape index (κ1) is 11.5. The number of phenolic OH excluding ortho intramolecular Hbond substituents is 1. The van der Waals surface area contributed by atoms with Gasteiger partial charge in [-0.1, -0.05) is 18.2 Å². The fraction of sp³-hybridized carbons (Fsp3) is 0. The zero-order chi connectivity index (χ0) is 5.11. The van der Waals surface area contributed by atoms with Crippen LogP contribution >= 0.6 is 9.90 Å². The van der Waals surface area contributed by atoms with Crippen molar-refractivity contribution >= 4 is 20.9 Å². The molecule has 1 unspecified atom stereocenters. The van der Waals surface area contributed by atoms with Crippen molar-refractivity contribution in [2.45, 2.75) is 0 Å². The zero-order valence-corrected chi connectivity index (χ0v) is 7.46. The molecule has 0 heterocycles. The van der Waals surface area contributed by atoms with Crippen LogP contribution in [0.2, 0.25) is 0 Å². The SMILES string of the molecule is Oc1ccccc1.P.[Si]. The van der Waals surface area contributed by atoms with Gasteiger partial charge in [0.25, 0.3) is 0 Å². The Morgan fingerprint density at radius 2 is 1.44 bits per heavy atom. The topological polar surface area (TPSA) is 20.2 Å². The molecule has 0 saturated carbocycles. The Morgan fingerprint density at radius 1 is 1.00 bits per heavy atom. The first-order chi connectivity index (χ1) is 3.39. The molecule has 0 fully saturated rings. The van der Waals surface area contributed by atoms with E-state index in [1.54, 1.807) is 24.3 Å². The van der Waals surface area contributed by atoms with Crippen molar-refractivity contribution in [3.63, 3.8) is 0 Å². The van der Waals surface area contributed by atoms with Crippen molar-refractivity contribution < 1.29 is 5.11 Å². The lowest BCUT2D eigenvalue weighted by molar-refractivity contribution is 0.475. The Balaban J connectivity index is 0. The quantitative estimate of drug-likeness (QED) is 0.440. The molecule has 3 heteroatoms. The van der Waals surface area contributed by atoms with Crippen molar-refractivity contribution in [1.29, 1.82) is 0 Å². The highest BCUT2D eigenvalue weighted by Gasteiger charge is 1.74. The number of rotatable bonds is 0. The zero-order valence-electron chi connectivity index (χ0n) is 5.04. The lowest BCUT2D eigenvalue weighted by Gasteiger charge is -1.82. The monoisotopic (exact) mass is 156 g/mol. The second-order valence-corrected chi connectivity index (χ2v) is 1.34. The maximum absolute atomic E-state index is 8.63. The summed E-state index contributed by atoms with van der Waals surface area (Å²) in [5.74, 6) is 0.322. The molecule has 1 aromatic rings. The predicted octanol–water partition coefficient (Wildman–Crippen LogP) is 1.07. The Kier molecular flexibility index (Phi) is 7.38. The van der Waals surface area contributed by atoms with E-state index in [9.17, 15) is 0 Å². The standard InChI is InChI=1S/C6H6O.H3P.Si/c7-6-4-2-1-3-5-6;;/h1-5,7H;1H3;. The van der Waals surface area contributed by atoms with Gasteiger partial charge < -0.3 is 5.11 Å². The van der Waals surface area contributed by atoms with Crippen molar-refractivity contribution in [3.05, 3.63) is 30.3 Å². The molecule has 0 aliphatic rings. The Morgan fingerprint density at radius 3 is 1.67 bits per heavy atom. The van der Waals surface area contributed by atoms with Gasteiger partial charge in [0.2, 0.25) is 0 Å². The van der Waals surface area contributed by atoms with E-state index in [4.69, 9.17) is 5.11 Å². The number of aromatic hydroxyl groups is 1. The summed E-state index contributed by atoms with van der Waals surface area (Å²) in [6, 6.07) is 8.71. The normalized spacial score (nSPS) is 6.67. The maximum atomic E-state index is 8.63. The van der Waals surface area contributed by atoms with Gasteiger partial charge in [-0.25, -0.2) is 0 Å². The number of phenols is 1. The van der Waals surface area contributed by atoms with Crippen LogP contribution in [0.1, 0.15) is 0 Å². The molecule has 1 atom stereocenters. The highest BCUT2D eigenvalue weighted by molar-refractivity contribution is 6.92. The maximum Gasteiger partial charge on any atom is 0.115 e. The smallest absolute Gasteiger partial charge is 0.115 e. The first-order valence-corrected chi connectivity index (χ1v) is 2.13. The highest BCUT2D eigenvalue weighted by atomic mass is 31.0. The molecule has 1 nitrogen and oxygen atoms in total. The molecule has 0 spiro atoms. The third-order valence-corrected chi connectivity index (χ3v) is 0.756. The van der Waals surface area contributed by atoms with Crippen molar-refractivity contribution in [2.24, 2.45) is 0 Å². The highest BCUT2D eigenvalue weighted by Crippen LogP contribution is 2.02. The molecule has 1 rings (SSSR count). The number of hydrogen-bond acceptors (Lipinski definition) is 1. The minimum atomic E-state index is 0. The summed E-state index contributed by atoms with van der Waals surface area (Å²) < 4.78 is 0. The van der Waals surface area contributed by atoms with E-state index in [0.717, 1.165) is 0 Å². The lowest BCUT2D eigenvalue weighted by Crippen LogP contribution is -1.56. The molecule has 0 aromatic heterocycles. The van der Waals surface area contributed by atoms with Crippen LogP contribution in [0.5, 0.6) is 5.75 Å². The second-order valence-electron chi connectivity index (χ2n) is 1.34. The number of benzene rings is 1. The van der Waals surface area contributed by atoms with Gasteiger partial charge in [0.15, 0.2) is 0 Å². The molecule has 0 amide bonds. The van der Waals surface area contributed by atoms with E-state index in [1.165, 1.54) is 0 Å². The Hall–Kier alpha value is -0.333. The summed E-state index contributed by atoms with van der Waals surface area (Å²) in [4.78, 5) is 0. The van der Waals surface area contributed by atoms with Gasteiger partial charge in [0.1, 0.15) is 5.75 Å². The third-order valence-electron chi connectivity index (χ3n) is 0.756. The third kappa shape index (κ3) is 4.19. The van der Waals surface area contributed by atoms with Crippen LogP contribution in [0, 0.1) is 0 Å². The summed E-state index contributed by atoms with van der Waals surface area (Å²) in [6.07, 6.45) is 0. The van der Waals surface area contributed by atoms with Gasteiger partial charge >= 0.3 is 0 Å². The molecular formula is C6H9OPSi. The molecule has 4 radical (unpaired) electrons. The Bertz CT molecular complexity index is 143. The molecule has 0 aliphatic heterocycles. The molecule has 9 heavy (non-hydrogen) atoms. The van der Waals surface area contributed by atoms with Gasteiger partial charge in [-0.3, -0.25) is 0 Å². The minimum absolute atomic E-state index is 0. The summed E-state index contributed by atoms with van der Waals surface area (Å²) in [5.41, 5.74) is 0. The fourth-order valence-electron chi connectivity index (χ4n) is 0.428. The minimum Gasteiger partial charge on any atom is -0.508 e. The van der Waals surface area contributed by atoms with Crippen molar-refractivity contribution in [3.8, 4) is 5.75 Å². The summed E-state index contributed by atoms with van der Waals surface area (Å²) in [5, 5.41) is 8.63. The molecule has 0 bridgehead atoms. The van der Waals surface area contributed by atoms with E-state index in [2.05, 4.69) is 0 Å². The van der Waals surface area contributed by atoms with Crippen LogP contribution in [-0.4, -0.2) is 16.1 Å². The predicted molar refractivity (Wildman–Crippen MR) is 45.0 cm³/mol. The average molecular weight is 156 g/mol. The van der Waals surface area contributed by atoms with Crippen LogP contribution < -0.4 is 0 Å². The van der Waals surface area contributed by atoms with Crippen LogP contribution in [0.4, 0.5) is 0 Å². The van der Waals surface area contributed by atoms with Gasteiger partial charge in [-0.2, -0.15) is 9.90 Å². The van der Waals surface area contributed by atoms with E-state index in [1.807, 2.05) is 6.07 Å². The molecule has 48 valence electrons. The molecule has 1 aromatic carbocycles. The molecule has 1 N–H and O–H groups in total. The van der Waals surface area contributed by atoms with Gasteiger partial charge in [-0.15, -0.1) is 0 Å². The lowest BCUT2D eigenvalue weighted by atomic mass is 10.3. The first-order valence-electron chi connectivity index (χ1n) is 2.13. The average Bonchev–Trinajstić information content (AvgIpc) is 1.69. The van der Waals surface area contributed by atoms with Gasteiger partial charge in [0, 0.05) is 11.0 Å². The van der Waals surface area contributed by atoms with Crippen molar-refractivity contribution in [2.75, 3.05) is 0 Å². The number of hydrogen-bond donors (Lipinski definition) is 1. The molecule has 0 saturated heterocycles. The van der Waals surface area contributed by atoms with E-state index in [0.29, 0.717) is 5.75 Å². The van der Waals surface area contributed by atoms with E-state index in [-0.39, 0.29) is 20.9 Å². The van der Waals surface area contributed by atoms with Gasteiger partial charge in [0.05, 0.1) is 0 Å². The largest absolute Gasteiger partial charge is 0.508 e. The van der Waals surface area contributed by atoms with Crippen LogP contribution in [-0.2, 0) is 0 Å². The summed E-state index contributed by atoms with van der Waals surface area (Å²) >= 11 is 0. The van der Waals surface area contributed by atoms with Crippen LogP contribution in [0.15, 0.2) is 30.3 Å². The summed E-state index contributed by atoms with van der Waals surface area (Å²) in [7, 11) is 0. The van der Waals surface area contributed by atoms with E-state index < -0.39 is 0 Å². The van der Waals surface area contributed by atoms with Crippen LogP contribution in [0.25, 0.3) is 0 Å². The fourth-order valence-corrected chi connectivity index (χ4v) is 0.428.